The van der Waals surface area contributed by atoms with Gasteiger partial charge in [0.25, 0.3) is 0 Å². The van der Waals surface area contributed by atoms with Gasteiger partial charge in [0.15, 0.2) is 23.1 Å². The van der Waals surface area contributed by atoms with E-state index in [9.17, 15) is 0 Å². The number of pyridine rings is 4. The fourth-order valence-electron chi connectivity index (χ4n) is 17.0. The lowest BCUT2D eigenvalue weighted by Crippen LogP contribution is -2.25. The number of oxazole rings is 1. The molecule has 14 heterocycles. The van der Waals surface area contributed by atoms with E-state index in [2.05, 4.69) is 453 Å². The highest BCUT2D eigenvalue weighted by Gasteiger charge is 2.52. The second-order valence-corrected chi connectivity index (χ2v) is 49.5. The lowest BCUT2D eigenvalue weighted by Gasteiger charge is -2.31. The Morgan fingerprint density at radius 2 is 0.910 bits per heavy atom. The van der Waals surface area contributed by atoms with Crippen LogP contribution >= 0.6 is 0 Å². The Bertz CT molecular complexity index is 7040. The Balaban J connectivity index is 0.000000141. The van der Waals surface area contributed by atoms with Crippen molar-refractivity contribution in [1.29, 1.82) is 0 Å². The number of aromatic nitrogens is 13. The number of nitrogens with zero attached hydrogens (tertiary/aromatic N) is 12. The van der Waals surface area contributed by atoms with E-state index >= 15 is 0 Å². The van der Waals surface area contributed by atoms with E-state index in [1.807, 2.05) is 144 Å². The molecule has 0 radical (unpaired) electrons. The van der Waals surface area contributed by atoms with E-state index in [1.54, 1.807) is 12.5 Å². The Hall–Kier alpha value is -13.7. The van der Waals surface area contributed by atoms with Gasteiger partial charge in [-0.15, -0.1) is 0 Å². The Labute approximate surface area is 855 Å². The number of para-hydroxylation sites is 2. The number of fused-ring (bicyclic) bond motifs is 10. The number of hydrogen-bond donors (Lipinski definition) is 1. The van der Waals surface area contributed by atoms with Gasteiger partial charge in [0.2, 0.25) is 0 Å². The summed E-state index contributed by atoms with van der Waals surface area (Å²) in [7, 11) is 0. The van der Waals surface area contributed by atoms with Crippen molar-refractivity contribution in [2.45, 2.75) is 302 Å². The van der Waals surface area contributed by atoms with Crippen molar-refractivity contribution in [2.75, 3.05) is 0 Å². The molecular weight excluding hydrogens is 1770 g/mol. The number of furan rings is 1. The van der Waals surface area contributed by atoms with Gasteiger partial charge in [0.05, 0.1) is 70.3 Å². The molecule has 144 heavy (non-hydrogen) atoms. The molecule has 17 nitrogen and oxygen atoms in total. The average molecular weight is 1930 g/mol. The van der Waals surface area contributed by atoms with Crippen LogP contribution in [-0.4, -0.2) is 63.1 Å². The summed E-state index contributed by atoms with van der Waals surface area (Å²) in [5.41, 5.74) is 27.2. The van der Waals surface area contributed by atoms with Crippen molar-refractivity contribution in [2.24, 2.45) is 10.8 Å². The summed E-state index contributed by atoms with van der Waals surface area (Å²) in [6, 6.07) is 85.7. The molecule has 7 aromatic carbocycles. The first kappa shape index (κ1) is 109. The summed E-state index contributed by atoms with van der Waals surface area (Å²) in [5, 5.41) is 27.0. The molecule has 0 spiro atoms. The van der Waals surface area contributed by atoms with Crippen molar-refractivity contribution >= 4 is 87.9 Å². The molecule has 0 amide bonds. The second-order valence-electron chi connectivity index (χ2n) is 49.5. The van der Waals surface area contributed by atoms with Crippen LogP contribution in [-0.2, 0) is 60.7 Å². The number of benzene rings is 7. The molecule has 0 atom stereocenters. The maximum Gasteiger partial charge on any atom is 0.181 e. The minimum Gasteiger partial charge on any atom is -0.464 e. The highest BCUT2D eigenvalue weighted by Crippen LogP contribution is 2.59. The molecule has 0 saturated heterocycles. The summed E-state index contributed by atoms with van der Waals surface area (Å²) in [6.07, 6.45) is 25.6. The van der Waals surface area contributed by atoms with Crippen molar-refractivity contribution < 1.29 is 17.9 Å². The van der Waals surface area contributed by atoms with Crippen LogP contribution in [0.2, 0.25) is 0 Å². The fraction of sp³-hybridized carbons (Fsp3) is 0.378. The first-order chi connectivity index (χ1) is 67.3. The molecule has 14 aromatic heterocycles. The van der Waals surface area contributed by atoms with Crippen molar-refractivity contribution in [3.05, 3.63) is 380 Å². The molecule has 1 aliphatic carbocycles. The summed E-state index contributed by atoms with van der Waals surface area (Å²) in [5.74, 6) is 0. The van der Waals surface area contributed by atoms with Gasteiger partial charge in [-0.2, -0.15) is 15.3 Å². The molecule has 0 aliphatic heterocycles. The van der Waals surface area contributed by atoms with Gasteiger partial charge in [0, 0.05) is 104 Å². The van der Waals surface area contributed by atoms with Crippen molar-refractivity contribution in [3.8, 4) is 0 Å². The Morgan fingerprint density at radius 1 is 0.347 bits per heavy atom. The van der Waals surface area contributed by atoms with Gasteiger partial charge in [-0.25, -0.2) is 19.0 Å². The molecule has 0 unspecified atom stereocenters. The van der Waals surface area contributed by atoms with Crippen LogP contribution < -0.4 is 0 Å². The molecule has 1 saturated carbocycles. The standard InChI is InChI=1S/C13H18.C12H16N2.2C12H15N.C12H14O.3C11H14N2.3C11H13NO/c1-12(2,3)13(9-10-13)11-7-5-4-6-8-11;1-12(2,3)9-14-11-7-5-4-6-10(11)8-13-14;1-12(2,3)10-5-4-9-6-7-13-11(9)8-10;1-12(2,3)10-6-8-13-7-4-5-11(13)9-10;1-12(2,3)10-5-4-9-6-7-13-11(9)8-10;1-11(2,3)9-8-12-13-7-5-4-6-10(9)13;1-11(2,3)10-9-6-4-5-7-13(9)8-12-10;1-11(2,3)10-8-9-6-4-5-7-13(9)12-10;1-11(2,3)8-4-5-10-9(6-8)12-7-13-10;1-11(2,3)9-5-4-6-10-8(9)7-12-13-10;1-11(2,3)10-8-6-4-5-7-9(8)13-12-10/h4-8H,9-10H2,1-3H3;4-8H,9H2,1-3H3;4-8,13H,1-3H3;4-9H,1-3H3;4*4-8H,1-3H3;3*4-7H,1-3H3. The third kappa shape index (κ3) is 28.9. The van der Waals surface area contributed by atoms with Crippen LogP contribution in [0.3, 0.4) is 0 Å². The molecule has 21 aromatic rings. The third-order valence-corrected chi connectivity index (χ3v) is 25.8. The maximum absolute atomic E-state index is 5.35. The Morgan fingerprint density at radius 3 is 1.55 bits per heavy atom. The predicted octanol–water partition coefficient (Wildman–Crippen LogP) is 34.6. The van der Waals surface area contributed by atoms with E-state index in [4.69, 9.17) is 17.9 Å². The summed E-state index contributed by atoms with van der Waals surface area (Å²) < 4.78 is 31.0. The van der Waals surface area contributed by atoms with E-state index in [1.165, 1.54) is 102 Å². The van der Waals surface area contributed by atoms with Crippen LogP contribution in [0.1, 0.15) is 297 Å². The first-order valence-corrected chi connectivity index (χ1v) is 50.8. The molecule has 1 aliphatic rings. The lowest BCUT2D eigenvalue weighted by molar-refractivity contribution is 0.299. The van der Waals surface area contributed by atoms with Gasteiger partial charge >= 0.3 is 0 Å². The lowest BCUT2D eigenvalue weighted by atomic mass is 9.73. The van der Waals surface area contributed by atoms with Gasteiger partial charge in [-0.1, -0.05) is 360 Å². The SMILES string of the molecule is CC(C)(C)C1(c2ccccc2)CC1.CC(C)(C)Cn1ncc2ccccc21.CC(C)(C)c1cc2ccccn2n1.CC(C)(C)c1ccc2cc[nH]c2c1.CC(C)(C)c1ccc2ccoc2c1.CC(C)(C)c1ccc2ocnc2c1.CC(C)(C)c1cccc2oncc12.CC(C)(C)c1ccn2cccc2c1.CC(C)(C)c1cnn2ccccc12.CC(C)(C)c1ncn2ccccc12.CC(C)(C)c1noc2ccccc12. The van der Waals surface area contributed by atoms with E-state index in [0.29, 0.717) is 10.8 Å². The number of aromatic amines is 1. The van der Waals surface area contributed by atoms with Gasteiger partial charge in [-0.05, 0) is 222 Å². The molecule has 0 bridgehead atoms. The second kappa shape index (κ2) is 44.3. The minimum absolute atomic E-state index is 0.0482. The maximum atomic E-state index is 5.35. The van der Waals surface area contributed by atoms with Crippen LogP contribution in [0.15, 0.2) is 341 Å². The zero-order valence-corrected chi connectivity index (χ0v) is 92.2. The highest BCUT2D eigenvalue weighted by molar-refractivity contribution is 5.83. The minimum atomic E-state index is 0.0482. The highest BCUT2D eigenvalue weighted by atomic mass is 16.5. The molecule has 1 fully saturated rings. The molecule has 756 valence electrons. The number of H-pyrrole nitrogens is 1. The zero-order chi connectivity index (χ0) is 105. The monoisotopic (exact) mass is 1930 g/mol. The topological polar surface area (TPSA) is 181 Å². The summed E-state index contributed by atoms with van der Waals surface area (Å²) >= 11 is 0. The third-order valence-electron chi connectivity index (χ3n) is 25.8. The number of hydrogen-bond acceptors (Lipinski definition) is 11. The van der Waals surface area contributed by atoms with E-state index < -0.39 is 0 Å². The fourth-order valence-corrected chi connectivity index (χ4v) is 17.0. The molecule has 1 N–H and O–H groups in total. The number of nitrogens with one attached hydrogen (secondary N) is 1. The van der Waals surface area contributed by atoms with E-state index in [0.717, 1.165) is 67.8 Å². The average Bonchev–Trinajstić information content (AvgIpc) is 1.58. The van der Waals surface area contributed by atoms with Gasteiger partial charge in [0.1, 0.15) is 11.1 Å². The molecule has 17 heteroatoms. The van der Waals surface area contributed by atoms with Crippen LogP contribution in [0.25, 0.3) is 87.9 Å². The Kier molecular flexibility index (Phi) is 33.6. The first-order valence-electron chi connectivity index (χ1n) is 50.8. The predicted molar refractivity (Wildman–Crippen MR) is 604 cm³/mol. The van der Waals surface area contributed by atoms with Crippen molar-refractivity contribution in [1.82, 2.24) is 63.1 Å². The summed E-state index contributed by atoms with van der Waals surface area (Å²) in [6.45, 7) is 74.0. The van der Waals surface area contributed by atoms with Gasteiger partial charge < -0.3 is 31.7 Å². The normalized spacial score (nSPS) is 12.9. The van der Waals surface area contributed by atoms with Crippen LogP contribution in [0, 0.1) is 10.8 Å². The van der Waals surface area contributed by atoms with Gasteiger partial charge in [-0.3, -0.25) is 4.68 Å². The van der Waals surface area contributed by atoms with E-state index in [-0.39, 0.29) is 54.1 Å². The smallest absolute Gasteiger partial charge is 0.181 e. The quantitative estimate of drug-likeness (QED) is 0.174. The molecular formula is C127H159N13O4. The number of imidazole rings is 1. The van der Waals surface area contributed by atoms with Crippen LogP contribution in [0.5, 0.6) is 0 Å². The zero-order valence-electron chi connectivity index (χ0n) is 92.2. The number of rotatable bonds is 2. The largest absolute Gasteiger partial charge is 0.464 e. The van der Waals surface area contributed by atoms with Crippen molar-refractivity contribution in [3.63, 3.8) is 0 Å². The van der Waals surface area contributed by atoms with Crippen LogP contribution in [0.4, 0.5) is 0 Å². The summed E-state index contributed by atoms with van der Waals surface area (Å²) in [4.78, 5) is 11.8. The molecule has 22 rings (SSSR count).